The highest BCUT2D eigenvalue weighted by molar-refractivity contribution is 14.1. The highest BCUT2D eigenvalue weighted by Gasteiger charge is 2.26. The van der Waals surface area contributed by atoms with E-state index in [1.807, 2.05) is 22.6 Å². The van der Waals surface area contributed by atoms with Crippen molar-refractivity contribution in [3.8, 4) is 5.75 Å². The number of hydrogen-bond donors (Lipinski definition) is 2. The topological polar surface area (TPSA) is 49.3 Å². The zero-order valence-electron chi connectivity index (χ0n) is 11.3. The average Bonchev–Trinajstić information content (AvgIpc) is 2.36. The lowest BCUT2D eigenvalue weighted by Gasteiger charge is -2.33. The third-order valence-corrected chi connectivity index (χ3v) is 4.87. The minimum Gasteiger partial charge on any atom is -0.507 e. The fourth-order valence-electron chi connectivity index (χ4n) is 2.79. The zero-order chi connectivity index (χ0) is 14.0. The predicted octanol–water partition coefficient (Wildman–Crippen LogP) is 3.55. The summed E-state index contributed by atoms with van der Waals surface area (Å²) >= 11 is 2.04. The number of amides is 1. The van der Waals surface area contributed by atoms with Gasteiger partial charge in [-0.1, -0.05) is 13.8 Å². The highest BCUT2D eigenvalue weighted by atomic mass is 127. The Balaban J connectivity index is 2.02. The van der Waals surface area contributed by atoms with Gasteiger partial charge in [-0.05, 0) is 71.9 Å². The molecule has 1 aliphatic carbocycles. The molecule has 2 rings (SSSR count). The first kappa shape index (κ1) is 14.6. The van der Waals surface area contributed by atoms with Crippen LogP contribution >= 0.6 is 22.6 Å². The van der Waals surface area contributed by atoms with Crippen molar-refractivity contribution in [2.24, 2.45) is 11.8 Å². The van der Waals surface area contributed by atoms with Gasteiger partial charge >= 0.3 is 0 Å². The second kappa shape index (κ2) is 6.11. The summed E-state index contributed by atoms with van der Waals surface area (Å²) < 4.78 is 0.758. The van der Waals surface area contributed by atoms with Gasteiger partial charge in [0.15, 0.2) is 0 Å². The van der Waals surface area contributed by atoms with Gasteiger partial charge in [-0.3, -0.25) is 4.79 Å². The Kier molecular flexibility index (Phi) is 4.71. The quantitative estimate of drug-likeness (QED) is 0.779. The molecule has 0 aromatic heterocycles. The molecule has 4 heteroatoms. The van der Waals surface area contributed by atoms with Crippen LogP contribution in [-0.4, -0.2) is 17.1 Å². The van der Waals surface area contributed by atoms with E-state index >= 15 is 0 Å². The Bertz CT molecular complexity index is 475. The molecule has 2 N–H and O–H groups in total. The molecule has 1 fully saturated rings. The van der Waals surface area contributed by atoms with Crippen LogP contribution in [0.15, 0.2) is 18.2 Å². The van der Waals surface area contributed by atoms with Crippen molar-refractivity contribution in [1.29, 1.82) is 0 Å². The molecule has 3 unspecified atom stereocenters. The summed E-state index contributed by atoms with van der Waals surface area (Å²) in [5, 5.41) is 12.8. The molecule has 3 nitrogen and oxygen atoms in total. The molecular formula is C15H20INO2. The van der Waals surface area contributed by atoms with Crippen molar-refractivity contribution >= 4 is 28.5 Å². The third-order valence-electron chi connectivity index (χ3n) is 3.96. The van der Waals surface area contributed by atoms with E-state index in [1.54, 1.807) is 12.1 Å². The average molecular weight is 373 g/mol. The van der Waals surface area contributed by atoms with Crippen LogP contribution in [0.25, 0.3) is 0 Å². The van der Waals surface area contributed by atoms with Crippen LogP contribution in [0.3, 0.4) is 0 Å². The largest absolute Gasteiger partial charge is 0.507 e. The van der Waals surface area contributed by atoms with Crippen LogP contribution in [-0.2, 0) is 0 Å². The van der Waals surface area contributed by atoms with Gasteiger partial charge in [-0.15, -0.1) is 0 Å². The van der Waals surface area contributed by atoms with Gasteiger partial charge in [-0.25, -0.2) is 0 Å². The molecule has 19 heavy (non-hydrogen) atoms. The van der Waals surface area contributed by atoms with Crippen LogP contribution in [0.4, 0.5) is 0 Å². The van der Waals surface area contributed by atoms with Crippen molar-refractivity contribution in [1.82, 2.24) is 5.32 Å². The molecule has 0 aliphatic heterocycles. The molecule has 1 aliphatic rings. The summed E-state index contributed by atoms with van der Waals surface area (Å²) in [7, 11) is 0. The van der Waals surface area contributed by atoms with E-state index in [1.165, 1.54) is 18.9 Å². The fraction of sp³-hybridized carbons (Fsp3) is 0.533. The number of phenols is 1. The second-order valence-corrected chi connectivity index (χ2v) is 6.80. The third kappa shape index (κ3) is 3.61. The van der Waals surface area contributed by atoms with E-state index in [0.29, 0.717) is 11.5 Å². The molecule has 1 amide bonds. The molecule has 0 radical (unpaired) electrons. The molecule has 1 saturated carbocycles. The van der Waals surface area contributed by atoms with Crippen LogP contribution in [0.1, 0.15) is 43.5 Å². The van der Waals surface area contributed by atoms with Gasteiger partial charge in [0.1, 0.15) is 5.75 Å². The Hall–Kier alpha value is -0.780. The van der Waals surface area contributed by atoms with E-state index in [0.717, 1.165) is 15.9 Å². The van der Waals surface area contributed by atoms with Gasteiger partial charge in [0, 0.05) is 11.6 Å². The second-order valence-electron chi connectivity index (χ2n) is 5.64. The summed E-state index contributed by atoms with van der Waals surface area (Å²) in [5.74, 6) is 1.35. The van der Waals surface area contributed by atoms with Gasteiger partial charge in [0.05, 0.1) is 3.57 Å². The number of nitrogens with one attached hydrogen (secondary N) is 1. The maximum atomic E-state index is 12.2. The van der Waals surface area contributed by atoms with E-state index in [-0.39, 0.29) is 17.7 Å². The highest BCUT2D eigenvalue weighted by Crippen LogP contribution is 2.29. The first-order valence-electron chi connectivity index (χ1n) is 6.76. The van der Waals surface area contributed by atoms with Crippen molar-refractivity contribution in [2.75, 3.05) is 0 Å². The van der Waals surface area contributed by atoms with E-state index in [2.05, 4.69) is 19.2 Å². The molecule has 0 heterocycles. The van der Waals surface area contributed by atoms with Crippen LogP contribution in [0.2, 0.25) is 0 Å². The smallest absolute Gasteiger partial charge is 0.251 e. The molecule has 0 spiro atoms. The number of halogens is 1. The van der Waals surface area contributed by atoms with E-state index < -0.39 is 0 Å². The van der Waals surface area contributed by atoms with Crippen molar-refractivity contribution < 1.29 is 9.90 Å². The van der Waals surface area contributed by atoms with Crippen molar-refractivity contribution in [3.05, 3.63) is 27.3 Å². The lowest BCUT2D eigenvalue weighted by atomic mass is 9.80. The summed E-state index contributed by atoms with van der Waals surface area (Å²) in [5.41, 5.74) is 0.531. The van der Waals surface area contributed by atoms with Gasteiger partial charge < -0.3 is 10.4 Å². The maximum Gasteiger partial charge on any atom is 0.251 e. The fourth-order valence-corrected chi connectivity index (χ4v) is 3.12. The van der Waals surface area contributed by atoms with Gasteiger partial charge in [-0.2, -0.15) is 0 Å². The zero-order valence-corrected chi connectivity index (χ0v) is 13.5. The number of aromatic hydroxyl groups is 1. The Morgan fingerprint density at radius 3 is 2.74 bits per heavy atom. The monoisotopic (exact) mass is 373 g/mol. The van der Waals surface area contributed by atoms with E-state index in [4.69, 9.17) is 0 Å². The summed E-state index contributed by atoms with van der Waals surface area (Å²) in [6, 6.07) is 5.31. The van der Waals surface area contributed by atoms with Crippen molar-refractivity contribution in [2.45, 2.75) is 39.2 Å². The van der Waals surface area contributed by atoms with Gasteiger partial charge in [0.25, 0.3) is 5.91 Å². The Morgan fingerprint density at radius 1 is 1.37 bits per heavy atom. The molecular weight excluding hydrogens is 353 g/mol. The Labute approximate surface area is 127 Å². The first-order valence-corrected chi connectivity index (χ1v) is 7.84. The number of rotatable bonds is 2. The maximum absolute atomic E-state index is 12.2. The first-order chi connectivity index (χ1) is 8.97. The predicted molar refractivity (Wildman–Crippen MR) is 84.3 cm³/mol. The summed E-state index contributed by atoms with van der Waals surface area (Å²) in [6.07, 6.45) is 3.39. The van der Waals surface area contributed by atoms with E-state index in [9.17, 15) is 9.90 Å². The summed E-state index contributed by atoms with van der Waals surface area (Å²) in [4.78, 5) is 12.2. The Morgan fingerprint density at radius 2 is 2.11 bits per heavy atom. The molecule has 104 valence electrons. The van der Waals surface area contributed by atoms with Crippen LogP contribution < -0.4 is 5.32 Å². The normalized spacial score (nSPS) is 27.0. The number of carbonyl (C=O) groups is 1. The molecule has 1 aromatic carbocycles. The van der Waals surface area contributed by atoms with Crippen LogP contribution in [0.5, 0.6) is 5.75 Å². The minimum absolute atomic E-state index is 0.0851. The molecule has 1 aromatic rings. The number of benzene rings is 1. The van der Waals surface area contributed by atoms with Crippen molar-refractivity contribution in [3.63, 3.8) is 0 Å². The molecule has 3 atom stereocenters. The number of phenolic OH excluding ortho intramolecular Hbond substituents is 1. The SMILES string of the molecule is CC1CCC(NC(=O)c2ccc(I)c(O)c2)C(C)C1. The number of carbonyl (C=O) groups excluding carboxylic acids is 1. The molecule has 0 saturated heterocycles. The summed E-state index contributed by atoms with van der Waals surface area (Å²) in [6.45, 7) is 4.47. The number of hydrogen-bond acceptors (Lipinski definition) is 2. The lowest BCUT2D eigenvalue weighted by Crippen LogP contribution is -2.42. The molecule has 0 bridgehead atoms. The minimum atomic E-state index is -0.0851. The van der Waals surface area contributed by atoms with Crippen LogP contribution in [0, 0.1) is 15.4 Å². The van der Waals surface area contributed by atoms with Gasteiger partial charge in [0.2, 0.25) is 0 Å². The lowest BCUT2D eigenvalue weighted by molar-refractivity contribution is 0.0899. The standard InChI is InChI=1S/C15H20INO2/c1-9-3-6-13(10(2)7-9)17-15(19)11-4-5-12(16)14(18)8-11/h4-5,8-10,13,18H,3,6-7H2,1-2H3,(H,17,19).